The van der Waals surface area contributed by atoms with Crippen molar-refractivity contribution in [3.63, 3.8) is 0 Å². The Labute approximate surface area is 113 Å². The van der Waals surface area contributed by atoms with Crippen LogP contribution in [0.4, 0.5) is 0 Å². The minimum absolute atomic E-state index is 0.00190. The van der Waals surface area contributed by atoms with Crippen molar-refractivity contribution in [3.8, 4) is 0 Å². The lowest BCUT2D eigenvalue weighted by Crippen LogP contribution is -2.54. The number of hydrogen-bond donors (Lipinski definition) is 2. The summed E-state index contributed by atoms with van der Waals surface area (Å²) in [6, 6.07) is 0. The van der Waals surface area contributed by atoms with Gasteiger partial charge in [-0.2, -0.15) is 0 Å². The molecule has 1 saturated heterocycles. The zero-order valence-corrected chi connectivity index (χ0v) is 11.5. The Bertz CT molecular complexity index is 364. The highest BCUT2D eigenvalue weighted by atomic mass is 16.5. The fourth-order valence-corrected chi connectivity index (χ4v) is 3.11. The van der Waals surface area contributed by atoms with E-state index < -0.39 is 5.41 Å². The SMILES string of the molecule is CCC1CN(C(=O)C2(C(N)=NO)CCCC2)CCO1. The first-order valence-corrected chi connectivity index (χ1v) is 7.03. The molecule has 3 N–H and O–H groups in total. The highest BCUT2D eigenvalue weighted by Gasteiger charge is 2.48. The summed E-state index contributed by atoms with van der Waals surface area (Å²) in [5.74, 6) is 0.0663. The van der Waals surface area contributed by atoms with Crippen LogP contribution in [0.1, 0.15) is 39.0 Å². The Morgan fingerprint density at radius 3 is 2.79 bits per heavy atom. The molecule has 0 spiro atoms. The average Bonchev–Trinajstić information content (AvgIpc) is 2.96. The first-order chi connectivity index (χ1) is 9.14. The Hall–Kier alpha value is -1.30. The summed E-state index contributed by atoms with van der Waals surface area (Å²) >= 11 is 0. The topological polar surface area (TPSA) is 88.2 Å². The van der Waals surface area contributed by atoms with Crippen molar-refractivity contribution in [3.05, 3.63) is 0 Å². The van der Waals surface area contributed by atoms with E-state index >= 15 is 0 Å². The number of oxime groups is 1. The first kappa shape index (κ1) is 14.1. The minimum atomic E-state index is -0.787. The van der Waals surface area contributed by atoms with Crippen LogP contribution in [0.5, 0.6) is 0 Å². The lowest BCUT2D eigenvalue weighted by molar-refractivity contribution is -0.146. The molecule has 1 unspecified atom stereocenters. The van der Waals surface area contributed by atoms with Gasteiger partial charge in [-0.1, -0.05) is 24.9 Å². The summed E-state index contributed by atoms with van der Waals surface area (Å²) in [5.41, 5.74) is 5.02. The minimum Gasteiger partial charge on any atom is -0.409 e. The number of carbonyl (C=O) groups is 1. The van der Waals surface area contributed by atoms with Gasteiger partial charge in [0.2, 0.25) is 5.91 Å². The number of hydrogen-bond acceptors (Lipinski definition) is 4. The summed E-state index contributed by atoms with van der Waals surface area (Å²) in [5, 5.41) is 12.1. The van der Waals surface area contributed by atoms with Crippen LogP contribution in [0.3, 0.4) is 0 Å². The van der Waals surface area contributed by atoms with Crippen molar-refractivity contribution in [2.75, 3.05) is 19.7 Å². The number of nitrogens with two attached hydrogens (primary N) is 1. The van der Waals surface area contributed by atoms with Crippen molar-refractivity contribution >= 4 is 11.7 Å². The number of carbonyl (C=O) groups excluding carboxylic acids is 1. The van der Waals surface area contributed by atoms with Crippen molar-refractivity contribution in [1.29, 1.82) is 0 Å². The quantitative estimate of drug-likeness (QED) is 0.345. The van der Waals surface area contributed by atoms with Gasteiger partial charge < -0.3 is 20.6 Å². The fourth-order valence-electron chi connectivity index (χ4n) is 3.11. The third-order valence-corrected chi connectivity index (χ3v) is 4.35. The van der Waals surface area contributed by atoms with E-state index in [-0.39, 0.29) is 17.8 Å². The molecule has 1 aliphatic carbocycles. The summed E-state index contributed by atoms with van der Waals surface area (Å²) in [6.07, 6.45) is 4.24. The lowest BCUT2D eigenvalue weighted by Gasteiger charge is -2.38. The molecule has 1 heterocycles. The Kier molecular flexibility index (Phi) is 4.29. The number of ether oxygens (including phenoxy) is 1. The van der Waals surface area contributed by atoms with E-state index in [2.05, 4.69) is 5.16 Å². The standard InChI is InChI=1S/C13H23N3O3/c1-2-10-9-16(7-8-19-10)12(17)13(11(14)15-18)5-3-4-6-13/h10,18H,2-9H2,1H3,(H2,14,15). The van der Waals surface area contributed by atoms with E-state index in [1.807, 2.05) is 11.8 Å². The number of amidine groups is 1. The second kappa shape index (κ2) is 5.77. The lowest BCUT2D eigenvalue weighted by atomic mass is 9.83. The van der Waals surface area contributed by atoms with Crippen LogP contribution >= 0.6 is 0 Å². The van der Waals surface area contributed by atoms with E-state index in [0.29, 0.717) is 32.5 Å². The predicted molar refractivity (Wildman–Crippen MR) is 70.9 cm³/mol. The molecule has 1 atom stereocenters. The maximum Gasteiger partial charge on any atom is 0.236 e. The Morgan fingerprint density at radius 2 is 2.21 bits per heavy atom. The van der Waals surface area contributed by atoms with Crippen molar-refractivity contribution in [2.45, 2.75) is 45.1 Å². The molecule has 1 amide bonds. The highest BCUT2D eigenvalue weighted by molar-refractivity contribution is 6.07. The van der Waals surface area contributed by atoms with E-state index in [1.165, 1.54) is 0 Å². The molecular formula is C13H23N3O3. The van der Waals surface area contributed by atoms with E-state index in [1.54, 1.807) is 0 Å². The first-order valence-electron chi connectivity index (χ1n) is 7.03. The summed E-state index contributed by atoms with van der Waals surface area (Å²) in [6.45, 7) is 3.82. The van der Waals surface area contributed by atoms with Gasteiger partial charge in [0.05, 0.1) is 12.7 Å². The van der Waals surface area contributed by atoms with E-state index in [0.717, 1.165) is 19.3 Å². The van der Waals surface area contributed by atoms with Gasteiger partial charge in [-0.15, -0.1) is 0 Å². The second-order valence-electron chi connectivity index (χ2n) is 5.43. The molecule has 1 aliphatic heterocycles. The number of morpholine rings is 1. The van der Waals surface area contributed by atoms with Gasteiger partial charge in [-0.3, -0.25) is 4.79 Å². The third-order valence-electron chi connectivity index (χ3n) is 4.35. The van der Waals surface area contributed by atoms with E-state index in [9.17, 15) is 4.79 Å². The predicted octanol–water partition coefficient (Wildman–Crippen LogP) is 0.931. The molecule has 0 aromatic rings. The Morgan fingerprint density at radius 1 is 1.53 bits per heavy atom. The Balaban J connectivity index is 2.16. The van der Waals surface area contributed by atoms with Gasteiger partial charge in [0.1, 0.15) is 5.41 Å². The van der Waals surface area contributed by atoms with Crippen molar-refractivity contribution < 1.29 is 14.7 Å². The van der Waals surface area contributed by atoms with Crippen LogP contribution in [0.15, 0.2) is 5.16 Å². The van der Waals surface area contributed by atoms with Gasteiger partial charge in [0.15, 0.2) is 5.84 Å². The third kappa shape index (κ3) is 2.54. The number of amides is 1. The van der Waals surface area contributed by atoms with E-state index in [4.69, 9.17) is 15.7 Å². The molecule has 2 rings (SSSR count). The average molecular weight is 269 g/mol. The van der Waals surface area contributed by atoms with Crippen LogP contribution in [0.2, 0.25) is 0 Å². The van der Waals surface area contributed by atoms with Gasteiger partial charge in [-0.05, 0) is 19.3 Å². The van der Waals surface area contributed by atoms with Crippen LogP contribution in [0, 0.1) is 5.41 Å². The molecule has 0 aromatic carbocycles. The zero-order chi connectivity index (χ0) is 13.9. The molecule has 2 aliphatic rings. The molecule has 1 saturated carbocycles. The molecule has 0 aromatic heterocycles. The molecule has 0 bridgehead atoms. The fraction of sp³-hybridized carbons (Fsp3) is 0.846. The molecule has 6 heteroatoms. The molecule has 6 nitrogen and oxygen atoms in total. The molecule has 2 fully saturated rings. The van der Waals surface area contributed by atoms with Crippen LogP contribution in [0.25, 0.3) is 0 Å². The maximum atomic E-state index is 12.8. The van der Waals surface area contributed by atoms with Crippen LogP contribution in [-0.4, -0.2) is 47.7 Å². The summed E-state index contributed by atoms with van der Waals surface area (Å²) in [7, 11) is 0. The van der Waals surface area contributed by atoms with Crippen molar-refractivity contribution in [2.24, 2.45) is 16.3 Å². The molecular weight excluding hydrogens is 246 g/mol. The normalized spacial score (nSPS) is 27.5. The second-order valence-corrected chi connectivity index (χ2v) is 5.43. The maximum absolute atomic E-state index is 12.8. The summed E-state index contributed by atoms with van der Waals surface area (Å²) < 4.78 is 5.59. The van der Waals surface area contributed by atoms with Crippen molar-refractivity contribution in [1.82, 2.24) is 4.90 Å². The summed E-state index contributed by atoms with van der Waals surface area (Å²) in [4.78, 5) is 14.6. The van der Waals surface area contributed by atoms with Gasteiger partial charge in [-0.25, -0.2) is 0 Å². The monoisotopic (exact) mass is 269 g/mol. The number of rotatable bonds is 3. The highest BCUT2D eigenvalue weighted by Crippen LogP contribution is 2.40. The molecule has 108 valence electrons. The molecule has 0 radical (unpaired) electrons. The van der Waals surface area contributed by atoms with Gasteiger partial charge >= 0.3 is 0 Å². The van der Waals surface area contributed by atoms with Crippen LogP contribution in [-0.2, 0) is 9.53 Å². The van der Waals surface area contributed by atoms with Crippen LogP contribution < -0.4 is 5.73 Å². The van der Waals surface area contributed by atoms with Gasteiger partial charge in [0, 0.05) is 13.1 Å². The smallest absolute Gasteiger partial charge is 0.236 e. The zero-order valence-electron chi connectivity index (χ0n) is 11.5. The number of nitrogens with zero attached hydrogens (tertiary/aromatic N) is 2. The van der Waals surface area contributed by atoms with Gasteiger partial charge in [0.25, 0.3) is 0 Å². The molecule has 19 heavy (non-hydrogen) atoms. The largest absolute Gasteiger partial charge is 0.409 e.